The van der Waals surface area contributed by atoms with Gasteiger partial charge in [-0.15, -0.1) is 0 Å². The predicted molar refractivity (Wildman–Crippen MR) is 87.0 cm³/mol. The highest BCUT2D eigenvalue weighted by molar-refractivity contribution is 7.17. The van der Waals surface area contributed by atoms with Gasteiger partial charge in [0.05, 0.1) is 22.3 Å². The molecule has 2 aromatic carbocycles. The summed E-state index contributed by atoms with van der Waals surface area (Å²) in [4.78, 5) is 45.8. The average molecular weight is 392 g/mol. The summed E-state index contributed by atoms with van der Waals surface area (Å²) in [5.41, 5.74) is -2.01. The standard InChI is InChI=1S/C16H9O10P/c17-13(18)9-3-1-7(5-11(9)15(21)22)25-16(23)12-6-8(26-27-24)2-4-10(12)14(19)20/h1-6H,(H,17,18)(H,19,20)(H,21,22). The molecule has 3 N–H and O–H groups in total. The van der Waals surface area contributed by atoms with Gasteiger partial charge < -0.3 is 24.6 Å². The van der Waals surface area contributed by atoms with Gasteiger partial charge in [0, 0.05) is 0 Å². The SMILES string of the molecule is O=POc1ccc(C(=O)O)c(C(=O)Oc2ccc(C(=O)O)c(C(=O)O)c2)c1. The second-order valence-corrected chi connectivity index (χ2v) is 5.22. The van der Waals surface area contributed by atoms with E-state index in [0.717, 1.165) is 30.3 Å². The van der Waals surface area contributed by atoms with Crippen molar-refractivity contribution in [2.75, 3.05) is 0 Å². The maximum atomic E-state index is 12.3. The minimum absolute atomic E-state index is 0.0731. The first-order valence-electron chi connectivity index (χ1n) is 6.94. The van der Waals surface area contributed by atoms with Gasteiger partial charge in [-0.1, -0.05) is 0 Å². The average Bonchev–Trinajstić information content (AvgIpc) is 2.61. The van der Waals surface area contributed by atoms with Gasteiger partial charge in [0.15, 0.2) is 0 Å². The van der Waals surface area contributed by atoms with Crippen molar-refractivity contribution < 1.29 is 48.3 Å². The van der Waals surface area contributed by atoms with Crippen LogP contribution in [0.5, 0.6) is 11.5 Å². The van der Waals surface area contributed by atoms with Crippen molar-refractivity contribution in [1.29, 1.82) is 0 Å². The van der Waals surface area contributed by atoms with E-state index in [-0.39, 0.29) is 11.5 Å². The van der Waals surface area contributed by atoms with Gasteiger partial charge in [-0.2, -0.15) is 0 Å². The smallest absolute Gasteiger partial charge is 0.395 e. The van der Waals surface area contributed by atoms with E-state index in [0.29, 0.717) is 0 Å². The first kappa shape index (κ1) is 19.5. The van der Waals surface area contributed by atoms with E-state index >= 15 is 0 Å². The molecule has 27 heavy (non-hydrogen) atoms. The summed E-state index contributed by atoms with van der Waals surface area (Å²) in [6.07, 6.45) is 0. The molecular weight excluding hydrogens is 383 g/mol. The van der Waals surface area contributed by atoms with Crippen molar-refractivity contribution >= 4 is 32.6 Å². The van der Waals surface area contributed by atoms with Crippen molar-refractivity contribution in [3.8, 4) is 11.5 Å². The zero-order valence-electron chi connectivity index (χ0n) is 13.1. The minimum Gasteiger partial charge on any atom is -0.478 e. The lowest BCUT2D eigenvalue weighted by atomic mass is 10.1. The van der Waals surface area contributed by atoms with Crippen LogP contribution < -0.4 is 9.26 Å². The van der Waals surface area contributed by atoms with Crippen LogP contribution >= 0.6 is 8.69 Å². The van der Waals surface area contributed by atoms with Crippen LogP contribution in [0, 0.1) is 0 Å². The van der Waals surface area contributed by atoms with E-state index < -0.39 is 54.8 Å². The van der Waals surface area contributed by atoms with E-state index in [9.17, 15) is 23.7 Å². The second-order valence-electron chi connectivity index (χ2n) is 4.89. The molecule has 0 aromatic heterocycles. The molecule has 0 aliphatic heterocycles. The van der Waals surface area contributed by atoms with Crippen molar-refractivity contribution in [3.05, 3.63) is 58.7 Å². The molecule has 0 fully saturated rings. The number of carboxylic acids is 3. The molecule has 0 radical (unpaired) electrons. The molecule has 0 spiro atoms. The molecule has 11 heteroatoms. The van der Waals surface area contributed by atoms with Crippen LogP contribution in [0.1, 0.15) is 41.4 Å². The zero-order chi connectivity index (χ0) is 20.1. The fraction of sp³-hybridized carbons (Fsp3) is 0. The molecule has 0 aliphatic rings. The minimum atomic E-state index is -1.55. The lowest BCUT2D eigenvalue weighted by Gasteiger charge is -2.09. The first-order chi connectivity index (χ1) is 12.7. The second kappa shape index (κ2) is 8.07. The van der Waals surface area contributed by atoms with E-state index in [1.54, 1.807) is 0 Å². The third kappa shape index (κ3) is 4.44. The van der Waals surface area contributed by atoms with Crippen LogP contribution in [-0.2, 0) is 4.57 Å². The monoisotopic (exact) mass is 392 g/mol. The van der Waals surface area contributed by atoms with Crippen LogP contribution in [0.2, 0.25) is 0 Å². The molecule has 0 atom stereocenters. The molecule has 0 amide bonds. The van der Waals surface area contributed by atoms with Gasteiger partial charge in [0.25, 0.3) is 0 Å². The maximum Gasteiger partial charge on any atom is 0.395 e. The summed E-state index contributed by atoms with van der Waals surface area (Å²) in [6, 6.07) is 6.00. The van der Waals surface area contributed by atoms with Gasteiger partial charge in [0.2, 0.25) is 0 Å². The maximum absolute atomic E-state index is 12.3. The Bertz CT molecular complexity index is 966. The molecular formula is C16H9O10P. The highest BCUT2D eigenvalue weighted by Crippen LogP contribution is 2.24. The Balaban J connectivity index is 2.42. The number of rotatable bonds is 7. The largest absolute Gasteiger partial charge is 0.478 e. The van der Waals surface area contributed by atoms with Crippen molar-refractivity contribution in [2.24, 2.45) is 0 Å². The Kier molecular flexibility index (Phi) is 5.84. The van der Waals surface area contributed by atoms with Gasteiger partial charge in [-0.05, 0) is 36.4 Å². The Morgan fingerprint density at radius 3 is 1.70 bits per heavy atom. The molecule has 0 unspecified atom stereocenters. The van der Waals surface area contributed by atoms with Crippen molar-refractivity contribution in [2.45, 2.75) is 0 Å². The molecule has 0 saturated heterocycles. The number of carbonyl (C=O) groups is 4. The van der Waals surface area contributed by atoms with Crippen molar-refractivity contribution in [3.63, 3.8) is 0 Å². The third-order valence-electron chi connectivity index (χ3n) is 3.25. The normalized spacial score (nSPS) is 10.2. The summed E-state index contributed by atoms with van der Waals surface area (Å²) in [5.74, 6) is -6.04. The third-order valence-corrected chi connectivity index (χ3v) is 3.53. The number of ether oxygens (including phenoxy) is 1. The van der Waals surface area contributed by atoms with Gasteiger partial charge >= 0.3 is 32.6 Å². The van der Waals surface area contributed by atoms with Crippen LogP contribution in [0.4, 0.5) is 0 Å². The summed E-state index contributed by atoms with van der Waals surface area (Å²) >= 11 is 0. The lowest BCUT2D eigenvalue weighted by molar-refractivity contribution is 0.0648. The summed E-state index contributed by atoms with van der Waals surface area (Å²) in [7, 11) is -0.728. The molecule has 10 nitrogen and oxygen atoms in total. The number of carbonyl (C=O) groups excluding carboxylic acids is 1. The van der Waals surface area contributed by atoms with E-state index in [2.05, 4.69) is 4.52 Å². The van der Waals surface area contributed by atoms with E-state index in [4.69, 9.17) is 20.1 Å². The molecule has 2 rings (SSSR count). The fourth-order valence-electron chi connectivity index (χ4n) is 2.09. The Morgan fingerprint density at radius 1 is 0.704 bits per heavy atom. The predicted octanol–water partition coefficient (Wildman–Crippen LogP) is 2.59. The van der Waals surface area contributed by atoms with Crippen LogP contribution in [0.25, 0.3) is 0 Å². The Labute approximate surface area is 151 Å². The molecule has 0 heterocycles. The first-order valence-corrected chi connectivity index (χ1v) is 7.67. The van der Waals surface area contributed by atoms with Gasteiger partial charge in [-0.25, -0.2) is 23.7 Å². The molecule has 2 aromatic rings. The van der Waals surface area contributed by atoms with Crippen LogP contribution in [-0.4, -0.2) is 39.2 Å². The fourth-order valence-corrected chi connectivity index (χ4v) is 2.29. The van der Waals surface area contributed by atoms with Crippen LogP contribution in [0.15, 0.2) is 36.4 Å². The van der Waals surface area contributed by atoms with E-state index in [1.807, 2.05) is 0 Å². The molecule has 0 saturated carbocycles. The number of esters is 1. The molecule has 138 valence electrons. The quantitative estimate of drug-likeness (QED) is 0.362. The zero-order valence-corrected chi connectivity index (χ0v) is 14.0. The lowest BCUT2D eigenvalue weighted by Crippen LogP contribution is -2.15. The number of aromatic carboxylic acids is 3. The topological polar surface area (TPSA) is 165 Å². The highest BCUT2D eigenvalue weighted by atomic mass is 31.1. The number of carboxylic acid groups (broad SMARTS) is 3. The van der Waals surface area contributed by atoms with Gasteiger partial charge in [-0.3, -0.25) is 0 Å². The number of hydrogen-bond acceptors (Lipinski definition) is 7. The summed E-state index contributed by atoms with van der Waals surface area (Å²) in [5, 5.41) is 27.2. The van der Waals surface area contributed by atoms with Crippen molar-refractivity contribution in [1.82, 2.24) is 0 Å². The Hall–Kier alpha value is -3.78. The van der Waals surface area contributed by atoms with Gasteiger partial charge in [0.1, 0.15) is 11.5 Å². The molecule has 0 aliphatic carbocycles. The highest BCUT2D eigenvalue weighted by Gasteiger charge is 2.22. The number of benzene rings is 2. The van der Waals surface area contributed by atoms with E-state index in [1.165, 1.54) is 6.07 Å². The number of hydrogen-bond donors (Lipinski definition) is 3. The van der Waals surface area contributed by atoms with Crippen LogP contribution in [0.3, 0.4) is 0 Å². The summed E-state index contributed by atoms with van der Waals surface area (Å²) in [6.45, 7) is 0. The summed E-state index contributed by atoms with van der Waals surface area (Å²) < 4.78 is 20.1. The Morgan fingerprint density at radius 2 is 1.19 bits per heavy atom. The molecule has 0 bridgehead atoms.